The van der Waals surface area contributed by atoms with Crippen molar-refractivity contribution in [1.82, 2.24) is 4.98 Å². The van der Waals surface area contributed by atoms with Crippen LogP contribution in [0.2, 0.25) is 0 Å². The van der Waals surface area contributed by atoms with Crippen molar-refractivity contribution in [3.63, 3.8) is 0 Å². The number of aryl methyl sites for hydroxylation is 1. The summed E-state index contributed by atoms with van der Waals surface area (Å²) in [7, 11) is 0. The molecule has 0 bridgehead atoms. The van der Waals surface area contributed by atoms with Crippen molar-refractivity contribution in [2.24, 2.45) is 5.41 Å². The lowest BCUT2D eigenvalue weighted by molar-refractivity contribution is -0.116. The van der Waals surface area contributed by atoms with Gasteiger partial charge >= 0.3 is 0 Å². The molecule has 1 atom stereocenters. The molecule has 2 rings (SSSR count). The van der Waals surface area contributed by atoms with Crippen LogP contribution in [0.25, 0.3) is 0 Å². The minimum absolute atomic E-state index is 0.312. The zero-order valence-corrected chi connectivity index (χ0v) is 8.90. The molecule has 0 amide bonds. The van der Waals surface area contributed by atoms with Crippen LogP contribution in [0.4, 0.5) is 0 Å². The molecule has 1 aromatic rings. The van der Waals surface area contributed by atoms with Gasteiger partial charge < -0.3 is 9.53 Å². The smallest absolute Gasteiger partial charge is 0.128 e. The van der Waals surface area contributed by atoms with Crippen molar-refractivity contribution in [2.75, 3.05) is 13.2 Å². The number of ether oxygens (including phenoxy) is 1. The number of carbonyl (C=O) groups excluding carboxylic acids is 1. The summed E-state index contributed by atoms with van der Waals surface area (Å²) in [5.74, 6) is 0. The molecule has 1 fully saturated rings. The molecule has 15 heavy (non-hydrogen) atoms. The van der Waals surface area contributed by atoms with Gasteiger partial charge in [0.1, 0.15) is 6.29 Å². The van der Waals surface area contributed by atoms with Crippen LogP contribution in [0.1, 0.15) is 17.7 Å². The molecule has 2 heterocycles. The molecule has 1 aliphatic rings. The Bertz CT molecular complexity index is 356. The van der Waals surface area contributed by atoms with E-state index in [1.807, 2.05) is 19.1 Å². The van der Waals surface area contributed by atoms with E-state index < -0.39 is 0 Å². The number of aldehydes is 1. The fourth-order valence-electron chi connectivity index (χ4n) is 1.98. The van der Waals surface area contributed by atoms with E-state index in [0.717, 1.165) is 30.4 Å². The first-order chi connectivity index (χ1) is 7.26. The minimum Gasteiger partial charge on any atom is -0.380 e. The zero-order chi connectivity index (χ0) is 10.7. The molecule has 0 saturated carbocycles. The summed E-state index contributed by atoms with van der Waals surface area (Å²) < 4.78 is 5.31. The lowest BCUT2D eigenvalue weighted by Gasteiger charge is -2.20. The highest BCUT2D eigenvalue weighted by atomic mass is 16.5. The fourth-order valence-corrected chi connectivity index (χ4v) is 1.98. The normalized spacial score (nSPS) is 25.4. The Kier molecular flexibility index (Phi) is 2.82. The van der Waals surface area contributed by atoms with E-state index in [-0.39, 0.29) is 5.41 Å². The second-order valence-electron chi connectivity index (χ2n) is 4.21. The summed E-state index contributed by atoms with van der Waals surface area (Å²) in [5.41, 5.74) is 1.84. The Morgan fingerprint density at radius 2 is 2.53 bits per heavy atom. The monoisotopic (exact) mass is 205 g/mol. The van der Waals surface area contributed by atoms with Gasteiger partial charge in [-0.25, -0.2) is 0 Å². The largest absolute Gasteiger partial charge is 0.380 e. The predicted octanol–water partition coefficient (Wildman–Crippen LogP) is 1.54. The molecule has 1 aliphatic heterocycles. The Labute approximate surface area is 89.5 Å². The van der Waals surface area contributed by atoms with Crippen molar-refractivity contribution in [3.8, 4) is 0 Å². The lowest BCUT2D eigenvalue weighted by atomic mass is 9.82. The quantitative estimate of drug-likeness (QED) is 0.703. The van der Waals surface area contributed by atoms with Crippen LogP contribution in [0, 0.1) is 12.3 Å². The van der Waals surface area contributed by atoms with Crippen molar-refractivity contribution in [2.45, 2.75) is 19.8 Å². The summed E-state index contributed by atoms with van der Waals surface area (Å²) in [6, 6.07) is 3.95. The molecule has 3 heteroatoms. The SMILES string of the molecule is Cc1ncccc1CC1(C=O)CCOC1. The first-order valence-electron chi connectivity index (χ1n) is 5.20. The highest BCUT2D eigenvalue weighted by Gasteiger charge is 2.35. The molecule has 80 valence electrons. The van der Waals surface area contributed by atoms with E-state index in [1.165, 1.54) is 0 Å². The van der Waals surface area contributed by atoms with E-state index in [9.17, 15) is 4.79 Å². The second kappa shape index (κ2) is 4.11. The Hall–Kier alpha value is -1.22. The number of pyridine rings is 1. The second-order valence-corrected chi connectivity index (χ2v) is 4.21. The van der Waals surface area contributed by atoms with Gasteiger partial charge in [-0.1, -0.05) is 6.07 Å². The Morgan fingerprint density at radius 1 is 1.67 bits per heavy atom. The average Bonchev–Trinajstić information content (AvgIpc) is 2.71. The maximum Gasteiger partial charge on any atom is 0.128 e. The topological polar surface area (TPSA) is 39.2 Å². The average molecular weight is 205 g/mol. The highest BCUT2D eigenvalue weighted by molar-refractivity contribution is 5.61. The maximum atomic E-state index is 11.1. The number of hydrogen-bond acceptors (Lipinski definition) is 3. The van der Waals surface area contributed by atoms with Gasteiger partial charge in [-0.15, -0.1) is 0 Å². The van der Waals surface area contributed by atoms with Crippen LogP contribution in [-0.2, 0) is 16.0 Å². The number of hydrogen-bond donors (Lipinski definition) is 0. The van der Waals surface area contributed by atoms with Gasteiger partial charge in [0, 0.05) is 18.5 Å². The van der Waals surface area contributed by atoms with Gasteiger partial charge in [0.2, 0.25) is 0 Å². The molecular weight excluding hydrogens is 190 g/mol. The lowest BCUT2D eigenvalue weighted by Crippen LogP contribution is -2.26. The van der Waals surface area contributed by atoms with E-state index >= 15 is 0 Å². The van der Waals surface area contributed by atoms with Crippen molar-refractivity contribution >= 4 is 6.29 Å². The van der Waals surface area contributed by atoms with Gasteiger partial charge in [-0.3, -0.25) is 4.98 Å². The maximum absolute atomic E-state index is 11.1. The molecule has 1 unspecified atom stereocenters. The van der Waals surface area contributed by atoms with Crippen LogP contribution in [0.15, 0.2) is 18.3 Å². The number of nitrogens with zero attached hydrogens (tertiary/aromatic N) is 1. The van der Waals surface area contributed by atoms with Gasteiger partial charge in [0.05, 0.1) is 12.0 Å². The fraction of sp³-hybridized carbons (Fsp3) is 0.500. The minimum atomic E-state index is -0.312. The number of aromatic nitrogens is 1. The van der Waals surface area contributed by atoms with Gasteiger partial charge in [-0.05, 0) is 31.4 Å². The van der Waals surface area contributed by atoms with Gasteiger partial charge in [0.15, 0.2) is 0 Å². The van der Waals surface area contributed by atoms with Crippen LogP contribution >= 0.6 is 0 Å². The number of carbonyl (C=O) groups is 1. The molecular formula is C12H15NO2. The third kappa shape index (κ3) is 2.07. The van der Waals surface area contributed by atoms with Gasteiger partial charge in [0.25, 0.3) is 0 Å². The van der Waals surface area contributed by atoms with Crippen LogP contribution in [0.3, 0.4) is 0 Å². The molecule has 0 N–H and O–H groups in total. The predicted molar refractivity (Wildman–Crippen MR) is 56.6 cm³/mol. The standard InChI is InChI=1S/C12H15NO2/c1-10-11(3-2-5-13-10)7-12(8-14)4-6-15-9-12/h2-3,5,8H,4,6-7,9H2,1H3. The highest BCUT2D eigenvalue weighted by Crippen LogP contribution is 2.30. The van der Waals surface area contributed by atoms with E-state index in [2.05, 4.69) is 4.98 Å². The van der Waals surface area contributed by atoms with Crippen LogP contribution in [-0.4, -0.2) is 24.5 Å². The molecule has 0 spiro atoms. The first-order valence-corrected chi connectivity index (χ1v) is 5.20. The van der Waals surface area contributed by atoms with Crippen molar-refractivity contribution in [1.29, 1.82) is 0 Å². The summed E-state index contributed by atoms with van der Waals surface area (Å²) in [6.45, 7) is 3.21. The summed E-state index contributed by atoms with van der Waals surface area (Å²) in [6.07, 6.45) is 4.39. The summed E-state index contributed by atoms with van der Waals surface area (Å²) >= 11 is 0. The molecule has 1 aromatic heterocycles. The summed E-state index contributed by atoms with van der Waals surface area (Å²) in [4.78, 5) is 15.4. The van der Waals surface area contributed by atoms with Crippen molar-refractivity contribution < 1.29 is 9.53 Å². The van der Waals surface area contributed by atoms with E-state index in [0.29, 0.717) is 13.2 Å². The molecule has 3 nitrogen and oxygen atoms in total. The van der Waals surface area contributed by atoms with Crippen LogP contribution in [0.5, 0.6) is 0 Å². The Balaban J connectivity index is 2.20. The van der Waals surface area contributed by atoms with Crippen LogP contribution < -0.4 is 0 Å². The summed E-state index contributed by atoms with van der Waals surface area (Å²) in [5, 5.41) is 0. The third-order valence-electron chi connectivity index (χ3n) is 3.04. The molecule has 0 aromatic carbocycles. The van der Waals surface area contributed by atoms with E-state index in [1.54, 1.807) is 6.20 Å². The zero-order valence-electron chi connectivity index (χ0n) is 8.90. The Morgan fingerprint density at radius 3 is 3.13 bits per heavy atom. The van der Waals surface area contributed by atoms with Crippen molar-refractivity contribution in [3.05, 3.63) is 29.6 Å². The van der Waals surface area contributed by atoms with Gasteiger partial charge in [-0.2, -0.15) is 0 Å². The molecule has 0 radical (unpaired) electrons. The molecule has 1 saturated heterocycles. The third-order valence-corrected chi connectivity index (χ3v) is 3.04. The number of rotatable bonds is 3. The molecule has 0 aliphatic carbocycles. The first kappa shape index (κ1) is 10.3. The van der Waals surface area contributed by atoms with E-state index in [4.69, 9.17) is 4.74 Å².